The van der Waals surface area contributed by atoms with E-state index in [0.717, 1.165) is 0 Å². The summed E-state index contributed by atoms with van der Waals surface area (Å²) >= 11 is 0. The van der Waals surface area contributed by atoms with Gasteiger partial charge in [0.25, 0.3) is 0 Å². The summed E-state index contributed by atoms with van der Waals surface area (Å²) in [7, 11) is -4.46. The van der Waals surface area contributed by atoms with Gasteiger partial charge in [-0.3, -0.25) is 0 Å². The Balaban J connectivity index is 1.94. The van der Waals surface area contributed by atoms with E-state index >= 15 is 0 Å². The molecule has 2 fully saturated rings. The van der Waals surface area contributed by atoms with Crippen LogP contribution in [0.2, 0.25) is 0 Å². The fourth-order valence-corrected chi connectivity index (χ4v) is 3.76. The molecule has 0 aromatic carbocycles. The molecule has 2 aliphatic carbocycles. The molecule has 2 rings (SSSR count). The normalized spacial score (nSPS) is 30.1. The van der Waals surface area contributed by atoms with Crippen molar-refractivity contribution in [2.45, 2.75) is 49.7 Å². The fourth-order valence-electron chi connectivity index (χ4n) is 2.66. The van der Waals surface area contributed by atoms with Crippen molar-refractivity contribution in [3.8, 4) is 0 Å². The first kappa shape index (κ1) is 11.2. The van der Waals surface area contributed by atoms with Crippen molar-refractivity contribution < 1.29 is 21.1 Å². The molecule has 2 nitrogen and oxygen atoms in total. The van der Waals surface area contributed by atoms with E-state index in [1.54, 1.807) is 0 Å². The average Bonchev–Trinajstić information content (AvgIpc) is 1.98. The molecule has 0 saturated heterocycles. The maximum atomic E-state index is 12.8. The zero-order valence-corrected chi connectivity index (χ0v) is 9.00. The zero-order chi connectivity index (χ0) is 11.3. The monoisotopic (exact) mass is 242 g/mol. The van der Waals surface area contributed by atoms with Crippen LogP contribution in [0.4, 0.5) is 12.7 Å². The van der Waals surface area contributed by atoms with E-state index in [1.165, 1.54) is 0 Å². The number of hydrogen-bond donors (Lipinski definition) is 0. The van der Waals surface area contributed by atoms with Crippen LogP contribution in [0.1, 0.15) is 38.5 Å². The standard InChI is InChI=1S/C9H13F3O2S/c10-9(11)3-1-8(2-4-9)5-7(6-8)15(12,13)14/h7H,1-6H2. The molecule has 0 bridgehead atoms. The molecule has 0 unspecified atom stereocenters. The molecule has 0 aromatic heterocycles. The molecule has 2 aliphatic rings. The first-order valence-electron chi connectivity index (χ1n) is 5.04. The second kappa shape index (κ2) is 3.12. The molecule has 6 heteroatoms. The quantitative estimate of drug-likeness (QED) is 0.662. The van der Waals surface area contributed by atoms with E-state index in [2.05, 4.69) is 0 Å². The fraction of sp³-hybridized carbons (Fsp3) is 1.00. The second-order valence-electron chi connectivity index (χ2n) is 4.86. The van der Waals surface area contributed by atoms with Gasteiger partial charge in [0, 0.05) is 12.8 Å². The Kier molecular flexibility index (Phi) is 2.34. The van der Waals surface area contributed by atoms with Gasteiger partial charge in [-0.2, -0.15) is 8.42 Å². The van der Waals surface area contributed by atoms with Crippen LogP contribution < -0.4 is 0 Å². The van der Waals surface area contributed by atoms with Gasteiger partial charge in [0.1, 0.15) is 0 Å². The molecule has 0 aromatic rings. The lowest BCUT2D eigenvalue weighted by molar-refractivity contribution is -0.0853. The average molecular weight is 242 g/mol. The summed E-state index contributed by atoms with van der Waals surface area (Å²) in [6.07, 6.45) is 0.722. The highest BCUT2D eigenvalue weighted by molar-refractivity contribution is 7.87. The van der Waals surface area contributed by atoms with Gasteiger partial charge in [0.15, 0.2) is 0 Å². The lowest BCUT2D eigenvalue weighted by Gasteiger charge is -2.49. The lowest BCUT2D eigenvalue weighted by Crippen LogP contribution is -2.47. The van der Waals surface area contributed by atoms with Gasteiger partial charge in [0.05, 0.1) is 5.25 Å². The van der Waals surface area contributed by atoms with Crippen molar-refractivity contribution in [1.82, 2.24) is 0 Å². The van der Waals surface area contributed by atoms with Crippen LogP contribution >= 0.6 is 0 Å². The Morgan fingerprint density at radius 3 is 1.87 bits per heavy atom. The summed E-state index contributed by atoms with van der Waals surface area (Å²) in [5.41, 5.74) is -0.314. The maximum absolute atomic E-state index is 12.8. The van der Waals surface area contributed by atoms with Gasteiger partial charge < -0.3 is 0 Å². The predicted molar refractivity (Wildman–Crippen MR) is 48.9 cm³/mol. The molecule has 0 radical (unpaired) electrons. The Morgan fingerprint density at radius 1 is 1.00 bits per heavy atom. The van der Waals surface area contributed by atoms with Crippen LogP contribution in [0.5, 0.6) is 0 Å². The van der Waals surface area contributed by atoms with Crippen molar-refractivity contribution >= 4 is 10.2 Å². The molecule has 0 heterocycles. The highest BCUT2D eigenvalue weighted by Gasteiger charge is 2.54. The van der Waals surface area contributed by atoms with E-state index in [0.29, 0.717) is 12.8 Å². The van der Waals surface area contributed by atoms with E-state index in [1.807, 2.05) is 0 Å². The Labute approximate surface area is 87.1 Å². The summed E-state index contributed by atoms with van der Waals surface area (Å²) in [5, 5.41) is -0.941. The minimum absolute atomic E-state index is 0.188. The van der Waals surface area contributed by atoms with Crippen LogP contribution in [0.3, 0.4) is 0 Å². The molecule has 88 valence electrons. The zero-order valence-electron chi connectivity index (χ0n) is 8.18. The van der Waals surface area contributed by atoms with E-state index < -0.39 is 21.4 Å². The van der Waals surface area contributed by atoms with Crippen LogP contribution in [0, 0.1) is 5.41 Å². The van der Waals surface area contributed by atoms with Gasteiger partial charge in [0.2, 0.25) is 5.92 Å². The summed E-state index contributed by atoms with van der Waals surface area (Å²) in [6.45, 7) is 0. The highest BCUT2D eigenvalue weighted by atomic mass is 32.3. The van der Waals surface area contributed by atoms with Crippen LogP contribution in [0.25, 0.3) is 0 Å². The van der Waals surface area contributed by atoms with Crippen molar-refractivity contribution in [2.24, 2.45) is 5.41 Å². The minimum atomic E-state index is -4.46. The topological polar surface area (TPSA) is 34.1 Å². The van der Waals surface area contributed by atoms with Crippen LogP contribution in [-0.2, 0) is 10.2 Å². The maximum Gasteiger partial charge on any atom is 0.305 e. The number of halogens is 3. The first-order chi connectivity index (χ1) is 6.73. The summed E-state index contributed by atoms with van der Waals surface area (Å²) in [6, 6.07) is 0. The molecule has 0 aliphatic heterocycles. The van der Waals surface area contributed by atoms with Crippen LogP contribution in [-0.4, -0.2) is 19.6 Å². The van der Waals surface area contributed by atoms with Crippen molar-refractivity contribution in [2.75, 3.05) is 0 Å². The second-order valence-corrected chi connectivity index (χ2v) is 6.48. The highest BCUT2D eigenvalue weighted by Crippen LogP contribution is 2.56. The third-order valence-electron chi connectivity index (χ3n) is 3.76. The largest absolute Gasteiger partial charge is 0.305 e. The molecule has 0 N–H and O–H groups in total. The minimum Gasteiger partial charge on any atom is -0.207 e. The predicted octanol–water partition coefficient (Wildman–Crippen LogP) is 2.64. The Bertz CT molecular complexity index is 346. The van der Waals surface area contributed by atoms with Crippen molar-refractivity contribution in [3.63, 3.8) is 0 Å². The number of rotatable bonds is 1. The lowest BCUT2D eigenvalue weighted by atomic mass is 9.60. The van der Waals surface area contributed by atoms with Gasteiger partial charge in [-0.1, -0.05) is 0 Å². The summed E-state index contributed by atoms with van der Waals surface area (Å²) in [4.78, 5) is 0. The first-order valence-corrected chi connectivity index (χ1v) is 6.49. The van der Waals surface area contributed by atoms with Crippen molar-refractivity contribution in [3.05, 3.63) is 0 Å². The molecule has 0 atom stereocenters. The third-order valence-corrected chi connectivity index (χ3v) is 4.89. The number of hydrogen-bond acceptors (Lipinski definition) is 2. The van der Waals surface area contributed by atoms with E-state index in [9.17, 15) is 21.1 Å². The van der Waals surface area contributed by atoms with E-state index in [4.69, 9.17) is 0 Å². The van der Waals surface area contributed by atoms with Crippen molar-refractivity contribution in [1.29, 1.82) is 0 Å². The molecule has 15 heavy (non-hydrogen) atoms. The smallest absolute Gasteiger partial charge is 0.207 e. The van der Waals surface area contributed by atoms with Gasteiger partial charge in [-0.05, 0) is 31.1 Å². The third kappa shape index (κ3) is 2.14. The van der Waals surface area contributed by atoms with Crippen LogP contribution in [0.15, 0.2) is 0 Å². The summed E-state index contributed by atoms with van der Waals surface area (Å²) < 4.78 is 59.3. The SMILES string of the molecule is O=S(=O)(F)C1CC2(CCC(F)(F)CC2)C1. The van der Waals surface area contributed by atoms with Gasteiger partial charge >= 0.3 is 10.2 Å². The Morgan fingerprint density at radius 2 is 1.47 bits per heavy atom. The number of alkyl halides is 2. The van der Waals surface area contributed by atoms with Gasteiger partial charge in [-0.25, -0.2) is 8.78 Å². The summed E-state index contributed by atoms with van der Waals surface area (Å²) in [5.74, 6) is -2.61. The van der Waals surface area contributed by atoms with E-state index in [-0.39, 0.29) is 31.1 Å². The molecule has 2 saturated carbocycles. The molecule has 0 amide bonds. The van der Waals surface area contributed by atoms with Gasteiger partial charge in [-0.15, -0.1) is 3.89 Å². The Hall–Kier alpha value is -0.260. The molecular formula is C9H13F3O2S. The molecular weight excluding hydrogens is 229 g/mol. The molecule has 1 spiro atoms.